The SMILES string of the molecule is O=Ic1cc(OC(F)(F)F)ccc1N(CCN1CCOCC1)c1ccc2cccc(Cl)c2n1. The Labute approximate surface area is 203 Å². The Morgan fingerprint density at radius 2 is 1.94 bits per heavy atom. The Balaban J connectivity index is 1.72. The highest BCUT2D eigenvalue weighted by molar-refractivity contribution is 14.1. The predicted molar refractivity (Wildman–Crippen MR) is 128 cm³/mol. The number of aromatic nitrogens is 1. The standard InChI is InChI=1S/C22H20ClF3IN3O3/c23-17-3-1-2-15-4-7-20(28-21(15)17)30(9-8-29-10-12-32-13-11-29)19-6-5-16(14-18(19)27-31)33-22(24,25)26/h1-7,14H,8-13H2. The molecule has 1 saturated heterocycles. The molecule has 33 heavy (non-hydrogen) atoms. The zero-order chi connectivity index (χ0) is 23.4. The largest absolute Gasteiger partial charge is 0.573 e. The fraction of sp³-hybridized carbons (Fsp3) is 0.318. The number of anilines is 2. The molecule has 1 aliphatic rings. The third-order valence-electron chi connectivity index (χ3n) is 5.20. The highest BCUT2D eigenvalue weighted by Crippen LogP contribution is 2.36. The number of rotatable bonds is 7. The van der Waals surface area contributed by atoms with Gasteiger partial charge in [0.25, 0.3) is 0 Å². The zero-order valence-corrected chi connectivity index (χ0v) is 20.2. The van der Waals surface area contributed by atoms with Crippen LogP contribution in [-0.2, 0) is 7.81 Å². The monoisotopic (exact) mass is 593 g/mol. The van der Waals surface area contributed by atoms with E-state index in [1.54, 1.807) is 6.07 Å². The van der Waals surface area contributed by atoms with Crippen LogP contribution in [0.1, 0.15) is 0 Å². The lowest BCUT2D eigenvalue weighted by Crippen LogP contribution is -2.40. The van der Waals surface area contributed by atoms with Crippen LogP contribution in [0.5, 0.6) is 5.75 Å². The number of hydrogen-bond acceptors (Lipinski definition) is 6. The van der Waals surface area contributed by atoms with Crippen molar-refractivity contribution in [3.05, 3.63) is 57.1 Å². The second-order valence-electron chi connectivity index (χ2n) is 7.32. The number of hydrogen-bond donors (Lipinski definition) is 0. The van der Waals surface area contributed by atoms with Crippen molar-refractivity contribution in [3.8, 4) is 5.75 Å². The molecular weight excluding hydrogens is 574 g/mol. The second-order valence-corrected chi connectivity index (χ2v) is 9.33. The van der Waals surface area contributed by atoms with E-state index in [-0.39, 0.29) is 0 Å². The summed E-state index contributed by atoms with van der Waals surface area (Å²) in [6.07, 6.45) is -4.83. The van der Waals surface area contributed by atoms with Crippen molar-refractivity contribution in [2.45, 2.75) is 6.36 Å². The summed E-state index contributed by atoms with van der Waals surface area (Å²) in [7, 11) is 0. The van der Waals surface area contributed by atoms with Crippen LogP contribution in [0.2, 0.25) is 5.02 Å². The molecule has 0 N–H and O–H groups in total. The quantitative estimate of drug-likeness (QED) is 0.326. The number of para-hydroxylation sites is 1. The van der Waals surface area contributed by atoms with Crippen molar-refractivity contribution >= 4 is 55.2 Å². The van der Waals surface area contributed by atoms with Gasteiger partial charge in [0.1, 0.15) is 11.6 Å². The molecule has 0 amide bonds. The van der Waals surface area contributed by atoms with Gasteiger partial charge in [-0.1, -0.05) is 23.7 Å². The van der Waals surface area contributed by atoms with E-state index in [4.69, 9.17) is 21.3 Å². The minimum atomic E-state index is -4.83. The lowest BCUT2D eigenvalue weighted by Gasteiger charge is -2.31. The highest BCUT2D eigenvalue weighted by atomic mass is 127. The highest BCUT2D eigenvalue weighted by Gasteiger charge is 2.31. The van der Waals surface area contributed by atoms with E-state index in [9.17, 15) is 16.2 Å². The molecule has 176 valence electrons. The Kier molecular flexibility index (Phi) is 7.67. The van der Waals surface area contributed by atoms with Gasteiger partial charge in [-0.15, -0.1) is 13.2 Å². The van der Waals surface area contributed by atoms with E-state index in [0.29, 0.717) is 51.9 Å². The molecule has 6 nitrogen and oxygen atoms in total. The van der Waals surface area contributed by atoms with Crippen LogP contribution in [0.15, 0.2) is 48.5 Å². The summed E-state index contributed by atoms with van der Waals surface area (Å²) in [5.74, 6) is 0.159. The first-order valence-electron chi connectivity index (χ1n) is 10.1. The molecular formula is C22H20ClF3IN3O3. The zero-order valence-electron chi connectivity index (χ0n) is 17.3. The summed E-state index contributed by atoms with van der Waals surface area (Å²) in [6.45, 7) is 4.01. The van der Waals surface area contributed by atoms with E-state index < -0.39 is 33.3 Å². The number of nitrogens with zero attached hydrogens (tertiary/aromatic N) is 3. The van der Waals surface area contributed by atoms with Crippen LogP contribution < -0.4 is 9.64 Å². The molecule has 1 aromatic heterocycles. The molecule has 4 rings (SSSR count). The van der Waals surface area contributed by atoms with Crippen molar-refractivity contribution < 1.29 is 25.7 Å². The van der Waals surface area contributed by atoms with Gasteiger partial charge in [-0.05, 0) is 36.4 Å². The molecule has 1 fully saturated rings. The summed E-state index contributed by atoms with van der Waals surface area (Å²) in [5.41, 5.74) is 1.14. The number of alkyl halides is 3. The molecule has 11 heteroatoms. The van der Waals surface area contributed by atoms with Gasteiger partial charge in [-0.3, -0.25) is 7.97 Å². The number of ether oxygens (including phenoxy) is 2. The minimum Gasteiger partial charge on any atom is -0.406 e. The third kappa shape index (κ3) is 6.11. The molecule has 3 aromatic rings. The summed E-state index contributed by atoms with van der Waals surface area (Å²) in [5, 5.41) is 1.36. The Morgan fingerprint density at radius 1 is 1.15 bits per heavy atom. The summed E-state index contributed by atoms with van der Waals surface area (Å²) in [4.78, 5) is 8.82. The van der Waals surface area contributed by atoms with Crippen molar-refractivity contribution in [3.63, 3.8) is 0 Å². The molecule has 0 saturated carbocycles. The molecule has 0 bridgehead atoms. The Bertz CT molecular complexity index is 1140. The van der Waals surface area contributed by atoms with Crippen LogP contribution in [0, 0.1) is 3.57 Å². The van der Waals surface area contributed by atoms with Gasteiger partial charge in [0.05, 0.1) is 33.0 Å². The second kappa shape index (κ2) is 10.5. The molecule has 1 aliphatic heterocycles. The summed E-state index contributed by atoms with van der Waals surface area (Å²) >= 11 is 4.56. The third-order valence-corrected chi connectivity index (χ3v) is 6.85. The summed E-state index contributed by atoms with van der Waals surface area (Å²) < 4.78 is 59.8. The van der Waals surface area contributed by atoms with Gasteiger partial charge >= 0.3 is 6.36 Å². The van der Waals surface area contributed by atoms with Crippen LogP contribution in [0.3, 0.4) is 0 Å². The smallest absolute Gasteiger partial charge is 0.406 e. The minimum absolute atomic E-state index is 0.290. The van der Waals surface area contributed by atoms with E-state index >= 15 is 0 Å². The molecule has 0 unspecified atom stereocenters. The Hall–Kier alpha value is -2.02. The summed E-state index contributed by atoms with van der Waals surface area (Å²) in [6, 6.07) is 13.1. The number of pyridine rings is 1. The van der Waals surface area contributed by atoms with Gasteiger partial charge in [0.2, 0.25) is 0 Å². The van der Waals surface area contributed by atoms with Gasteiger partial charge in [-0.2, -0.15) is 0 Å². The maximum absolute atomic E-state index is 12.7. The number of morpholine rings is 1. The van der Waals surface area contributed by atoms with Crippen molar-refractivity contribution in [1.29, 1.82) is 0 Å². The average molecular weight is 594 g/mol. The lowest BCUT2D eigenvalue weighted by molar-refractivity contribution is -0.274. The van der Waals surface area contributed by atoms with E-state index in [1.807, 2.05) is 29.2 Å². The van der Waals surface area contributed by atoms with Gasteiger partial charge in [0.15, 0.2) is 21.2 Å². The maximum atomic E-state index is 12.7. The molecule has 0 aliphatic carbocycles. The molecule has 0 radical (unpaired) electrons. The first kappa shape index (κ1) is 24.1. The fourth-order valence-corrected chi connectivity index (χ4v) is 5.00. The fourth-order valence-electron chi connectivity index (χ4n) is 3.64. The van der Waals surface area contributed by atoms with E-state index in [2.05, 4.69) is 9.64 Å². The normalized spacial score (nSPS) is 15.0. The van der Waals surface area contributed by atoms with Crippen molar-refractivity contribution in [2.75, 3.05) is 44.3 Å². The average Bonchev–Trinajstić information content (AvgIpc) is 2.80. The molecule has 2 aromatic carbocycles. The van der Waals surface area contributed by atoms with Crippen LogP contribution in [-0.4, -0.2) is 55.6 Å². The van der Waals surface area contributed by atoms with Crippen molar-refractivity contribution in [1.82, 2.24) is 9.88 Å². The van der Waals surface area contributed by atoms with Gasteiger partial charge < -0.3 is 14.4 Å². The van der Waals surface area contributed by atoms with E-state index in [1.165, 1.54) is 18.2 Å². The van der Waals surface area contributed by atoms with Crippen molar-refractivity contribution in [2.24, 2.45) is 0 Å². The van der Waals surface area contributed by atoms with Crippen LogP contribution in [0.4, 0.5) is 24.7 Å². The van der Waals surface area contributed by atoms with E-state index in [0.717, 1.165) is 18.5 Å². The van der Waals surface area contributed by atoms with Crippen LogP contribution in [0.25, 0.3) is 10.9 Å². The first-order valence-corrected chi connectivity index (χ1v) is 12.5. The van der Waals surface area contributed by atoms with Gasteiger partial charge in [0, 0.05) is 31.6 Å². The van der Waals surface area contributed by atoms with Crippen LogP contribution >= 0.6 is 32.8 Å². The topological polar surface area (TPSA) is 54.9 Å². The number of benzene rings is 2. The number of halogens is 5. The Morgan fingerprint density at radius 3 is 2.67 bits per heavy atom. The first-order chi connectivity index (χ1) is 15.8. The van der Waals surface area contributed by atoms with Gasteiger partial charge in [-0.25, -0.2) is 4.98 Å². The number of fused-ring (bicyclic) bond motifs is 1. The molecule has 2 heterocycles. The molecule has 0 spiro atoms. The maximum Gasteiger partial charge on any atom is 0.573 e. The molecule has 0 atom stereocenters. The lowest BCUT2D eigenvalue weighted by atomic mass is 10.2. The predicted octanol–water partition coefficient (Wildman–Crippen LogP) is 5.74.